The molecule has 0 unspecified atom stereocenters. The lowest BCUT2D eigenvalue weighted by Crippen LogP contribution is -2.23. The predicted molar refractivity (Wildman–Crippen MR) is 65.2 cm³/mol. The number of H-pyrrole nitrogens is 1. The first-order valence-electron chi connectivity index (χ1n) is 5.17. The van der Waals surface area contributed by atoms with Crippen LogP contribution in [0.3, 0.4) is 0 Å². The molecule has 0 aliphatic carbocycles. The van der Waals surface area contributed by atoms with Gasteiger partial charge >= 0.3 is 0 Å². The zero-order valence-electron chi connectivity index (χ0n) is 9.49. The van der Waals surface area contributed by atoms with Crippen LogP contribution in [-0.4, -0.2) is 29.8 Å². The Bertz CT molecular complexity index is 560. The van der Waals surface area contributed by atoms with Crippen LogP contribution >= 0.6 is 0 Å². The van der Waals surface area contributed by atoms with Crippen molar-refractivity contribution in [3.05, 3.63) is 36.5 Å². The van der Waals surface area contributed by atoms with Gasteiger partial charge in [0.25, 0.3) is 5.91 Å². The Balaban J connectivity index is 2.36. The number of aromatic nitrogens is 2. The highest BCUT2D eigenvalue weighted by molar-refractivity contribution is 6.04. The highest BCUT2D eigenvalue weighted by Gasteiger charge is 2.13. The maximum atomic E-state index is 11.8. The number of aromatic amines is 1. The van der Waals surface area contributed by atoms with Gasteiger partial charge < -0.3 is 10.1 Å². The molecule has 0 bridgehead atoms. The molecule has 0 fully saturated rings. The van der Waals surface area contributed by atoms with Crippen molar-refractivity contribution < 1.29 is 9.53 Å². The molecule has 0 atom stereocenters. The fourth-order valence-corrected chi connectivity index (χ4v) is 1.55. The van der Waals surface area contributed by atoms with Crippen molar-refractivity contribution in [1.82, 2.24) is 15.5 Å². The molecule has 0 saturated heterocycles. The summed E-state index contributed by atoms with van der Waals surface area (Å²) >= 11 is 0. The Hall–Kier alpha value is -2.30. The zero-order valence-corrected chi connectivity index (χ0v) is 9.49. The second kappa shape index (κ2) is 4.69. The van der Waals surface area contributed by atoms with Crippen molar-refractivity contribution >= 4 is 16.8 Å². The Labute approximate surface area is 98.5 Å². The minimum atomic E-state index is -0.221. The lowest BCUT2D eigenvalue weighted by Gasteiger charge is -2.00. The van der Waals surface area contributed by atoms with Gasteiger partial charge in [0.15, 0.2) is 5.69 Å². The van der Waals surface area contributed by atoms with Crippen molar-refractivity contribution in [2.45, 2.75) is 0 Å². The van der Waals surface area contributed by atoms with Crippen molar-refractivity contribution in [2.24, 2.45) is 0 Å². The number of hydrogen-bond acceptors (Lipinski definition) is 3. The standard InChI is InChI=1S/C12H13N3O2/c1-3-6-13-12(16)11-9-5-4-8(17-2)7-10(9)14-15-11/h3-5,7H,1,6H2,2H3,(H,13,16)(H,14,15). The quantitative estimate of drug-likeness (QED) is 0.783. The van der Waals surface area contributed by atoms with E-state index in [4.69, 9.17) is 4.74 Å². The monoisotopic (exact) mass is 231 g/mol. The number of nitrogens with zero attached hydrogens (tertiary/aromatic N) is 1. The molecule has 0 radical (unpaired) electrons. The number of methoxy groups -OCH3 is 1. The second-order valence-electron chi connectivity index (χ2n) is 3.48. The second-order valence-corrected chi connectivity index (χ2v) is 3.48. The molecule has 0 spiro atoms. The SMILES string of the molecule is C=CCNC(=O)c1n[nH]c2cc(OC)ccc12. The van der Waals surface area contributed by atoms with Crippen molar-refractivity contribution in [2.75, 3.05) is 13.7 Å². The fraction of sp³-hybridized carbons (Fsp3) is 0.167. The molecule has 17 heavy (non-hydrogen) atoms. The van der Waals surface area contributed by atoms with Gasteiger partial charge in [-0.05, 0) is 12.1 Å². The number of fused-ring (bicyclic) bond motifs is 1. The summed E-state index contributed by atoms with van der Waals surface area (Å²) in [7, 11) is 1.59. The highest BCUT2D eigenvalue weighted by Crippen LogP contribution is 2.21. The van der Waals surface area contributed by atoms with E-state index in [1.54, 1.807) is 31.4 Å². The largest absolute Gasteiger partial charge is 0.497 e. The maximum absolute atomic E-state index is 11.8. The summed E-state index contributed by atoms with van der Waals surface area (Å²) in [6, 6.07) is 5.40. The Morgan fingerprint density at radius 2 is 2.47 bits per heavy atom. The first kappa shape index (κ1) is 11.2. The van der Waals surface area contributed by atoms with Gasteiger partial charge in [0.1, 0.15) is 5.75 Å². The molecule has 2 N–H and O–H groups in total. The van der Waals surface area contributed by atoms with Crippen LogP contribution in [0.25, 0.3) is 10.9 Å². The maximum Gasteiger partial charge on any atom is 0.272 e. The fourth-order valence-electron chi connectivity index (χ4n) is 1.55. The van der Waals surface area contributed by atoms with E-state index in [1.807, 2.05) is 0 Å². The number of nitrogens with one attached hydrogen (secondary N) is 2. The molecule has 5 nitrogen and oxygen atoms in total. The number of amides is 1. The molecule has 0 aliphatic heterocycles. The van der Waals surface area contributed by atoms with E-state index in [1.165, 1.54) is 0 Å². The molecule has 1 aromatic heterocycles. The number of benzene rings is 1. The molecule has 88 valence electrons. The van der Waals surface area contributed by atoms with Gasteiger partial charge in [0.05, 0.1) is 12.6 Å². The molecule has 1 amide bonds. The average Bonchev–Trinajstić information content (AvgIpc) is 2.78. The molecule has 5 heteroatoms. The van der Waals surface area contributed by atoms with E-state index in [2.05, 4.69) is 22.1 Å². The van der Waals surface area contributed by atoms with Gasteiger partial charge in [-0.2, -0.15) is 5.10 Å². The summed E-state index contributed by atoms with van der Waals surface area (Å²) in [6.45, 7) is 3.96. The van der Waals surface area contributed by atoms with Crippen LogP contribution in [0.2, 0.25) is 0 Å². The van der Waals surface area contributed by atoms with Crippen LogP contribution < -0.4 is 10.1 Å². The van der Waals surface area contributed by atoms with E-state index < -0.39 is 0 Å². The highest BCUT2D eigenvalue weighted by atomic mass is 16.5. The van der Waals surface area contributed by atoms with Gasteiger partial charge in [0.2, 0.25) is 0 Å². The molecule has 2 aromatic rings. The summed E-state index contributed by atoms with van der Waals surface area (Å²) in [6.07, 6.45) is 1.62. The number of ether oxygens (including phenoxy) is 1. The molecular weight excluding hydrogens is 218 g/mol. The molecule has 2 rings (SSSR count). The topological polar surface area (TPSA) is 67.0 Å². The molecule has 0 saturated carbocycles. The third-order valence-corrected chi connectivity index (χ3v) is 2.39. The molecule has 0 aliphatic rings. The predicted octanol–water partition coefficient (Wildman–Crippen LogP) is 1.49. The van der Waals surface area contributed by atoms with Gasteiger partial charge in [-0.3, -0.25) is 9.89 Å². The Morgan fingerprint density at radius 3 is 3.18 bits per heavy atom. The number of carbonyl (C=O) groups is 1. The average molecular weight is 231 g/mol. The minimum Gasteiger partial charge on any atom is -0.497 e. The van der Waals surface area contributed by atoms with Crippen LogP contribution in [0.15, 0.2) is 30.9 Å². The molecule has 1 heterocycles. The zero-order chi connectivity index (χ0) is 12.3. The van der Waals surface area contributed by atoms with Gasteiger partial charge in [-0.25, -0.2) is 0 Å². The van der Waals surface area contributed by atoms with Crippen LogP contribution in [0, 0.1) is 0 Å². The Kier molecular flexibility index (Phi) is 3.09. The third kappa shape index (κ3) is 2.13. The number of hydrogen-bond donors (Lipinski definition) is 2. The van der Waals surface area contributed by atoms with Crippen LogP contribution in [0.5, 0.6) is 5.75 Å². The normalized spacial score (nSPS) is 10.2. The summed E-state index contributed by atoms with van der Waals surface area (Å²) in [5.74, 6) is 0.500. The summed E-state index contributed by atoms with van der Waals surface area (Å²) in [4.78, 5) is 11.8. The van der Waals surface area contributed by atoms with Gasteiger partial charge in [0, 0.05) is 18.0 Å². The van der Waals surface area contributed by atoms with E-state index in [0.717, 1.165) is 16.7 Å². The third-order valence-electron chi connectivity index (χ3n) is 2.39. The van der Waals surface area contributed by atoms with Crippen molar-refractivity contribution in [3.8, 4) is 5.75 Å². The van der Waals surface area contributed by atoms with Gasteiger partial charge in [-0.15, -0.1) is 6.58 Å². The van der Waals surface area contributed by atoms with E-state index in [-0.39, 0.29) is 5.91 Å². The van der Waals surface area contributed by atoms with E-state index >= 15 is 0 Å². The van der Waals surface area contributed by atoms with E-state index in [0.29, 0.717) is 12.2 Å². The molecule has 1 aromatic carbocycles. The van der Waals surface area contributed by atoms with Crippen molar-refractivity contribution in [1.29, 1.82) is 0 Å². The summed E-state index contributed by atoms with van der Waals surface area (Å²) in [5.41, 5.74) is 1.15. The van der Waals surface area contributed by atoms with Crippen molar-refractivity contribution in [3.63, 3.8) is 0 Å². The van der Waals surface area contributed by atoms with Crippen LogP contribution in [-0.2, 0) is 0 Å². The first-order valence-corrected chi connectivity index (χ1v) is 5.17. The molecular formula is C12H13N3O2. The van der Waals surface area contributed by atoms with Gasteiger partial charge in [-0.1, -0.05) is 6.08 Å². The van der Waals surface area contributed by atoms with E-state index in [9.17, 15) is 4.79 Å². The summed E-state index contributed by atoms with van der Waals surface area (Å²) < 4.78 is 5.10. The minimum absolute atomic E-state index is 0.221. The van der Waals surface area contributed by atoms with Crippen LogP contribution in [0.1, 0.15) is 10.5 Å². The number of rotatable bonds is 4. The lowest BCUT2D eigenvalue weighted by molar-refractivity contribution is 0.0954. The number of carbonyl (C=O) groups excluding carboxylic acids is 1. The smallest absolute Gasteiger partial charge is 0.272 e. The van der Waals surface area contributed by atoms with Crippen LogP contribution in [0.4, 0.5) is 0 Å². The lowest BCUT2D eigenvalue weighted by atomic mass is 10.2. The summed E-state index contributed by atoms with van der Waals surface area (Å²) in [5, 5.41) is 10.3. The first-order chi connectivity index (χ1) is 8.26. The Morgan fingerprint density at radius 1 is 1.65 bits per heavy atom.